The molecule has 7 aromatic carbocycles. The maximum atomic E-state index is 6.56. The molecule has 0 atom stereocenters. The fraction of sp³-hybridized carbons (Fsp3) is 0. The maximum Gasteiger partial charge on any atom is 0.137 e. The summed E-state index contributed by atoms with van der Waals surface area (Å²) in [6, 6.07) is 57.2. The first kappa shape index (κ1) is 25.4. The Hall–Kier alpha value is -6.06. The van der Waals surface area contributed by atoms with Gasteiger partial charge in [-0.1, -0.05) is 103 Å². The van der Waals surface area contributed by atoms with Crippen LogP contribution in [-0.4, -0.2) is 0 Å². The van der Waals surface area contributed by atoms with Gasteiger partial charge in [0.2, 0.25) is 0 Å². The summed E-state index contributed by atoms with van der Waals surface area (Å²) in [4.78, 5) is 2.31. The Labute approximate surface area is 260 Å². The highest BCUT2D eigenvalue weighted by atomic mass is 16.3. The van der Waals surface area contributed by atoms with E-state index < -0.39 is 0 Å². The van der Waals surface area contributed by atoms with Crippen molar-refractivity contribution < 1.29 is 8.83 Å². The maximum absolute atomic E-state index is 6.56. The molecule has 2 aromatic heterocycles. The highest BCUT2D eigenvalue weighted by Crippen LogP contribution is 2.45. The van der Waals surface area contributed by atoms with Crippen LogP contribution in [0.4, 0.5) is 17.1 Å². The number of furan rings is 2. The lowest BCUT2D eigenvalue weighted by Crippen LogP contribution is -2.10. The first-order valence-corrected chi connectivity index (χ1v) is 15.2. The van der Waals surface area contributed by atoms with E-state index in [0.717, 1.165) is 66.5 Å². The molecule has 0 saturated carbocycles. The second-order valence-corrected chi connectivity index (χ2v) is 11.4. The predicted octanol–water partition coefficient (Wildman–Crippen LogP) is 12.3. The van der Waals surface area contributed by atoms with Crippen molar-refractivity contribution in [2.45, 2.75) is 0 Å². The lowest BCUT2D eigenvalue weighted by molar-refractivity contribution is 0.664. The van der Waals surface area contributed by atoms with Crippen LogP contribution < -0.4 is 4.90 Å². The number of rotatable bonds is 5. The van der Waals surface area contributed by atoms with Gasteiger partial charge in [0.1, 0.15) is 22.3 Å². The van der Waals surface area contributed by atoms with E-state index in [0.29, 0.717) is 0 Å². The zero-order valence-electron chi connectivity index (χ0n) is 24.4. The van der Waals surface area contributed by atoms with Gasteiger partial charge in [-0.15, -0.1) is 0 Å². The Kier molecular flexibility index (Phi) is 5.82. The van der Waals surface area contributed by atoms with Crippen molar-refractivity contribution in [3.05, 3.63) is 164 Å². The molecule has 0 aliphatic carbocycles. The molecule has 0 unspecified atom stereocenters. The molecule has 0 bridgehead atoms. The number of para-hydroxylation sites is 1. The van der Waals surface area contributed by atoms with Gasteiger partial charge in [0, 0.05) is 27.5 Å². The molecule has 3 heteroatoms. The van der Waals surface area contributed by atoms with Crippen molar-refractivity contribution in [1.82, 2.24) is 0 Å². The Balaban J connectivity index is 1.23. The number of fused-ring (bicyclic) bond motifs is 6. The first-order valence-electron chi connectivity index (χ1n) is 15.2. The molecule has 0 aliphatic rings. The summed E-state index contributed by atoms with van der Waals surface area (Å²) < 4.78 is 13.0. The highest BCUT2D eigenvalue weighted by Gasteiger charge is 2.21. The topological polar surface area (TPSA) is 29.5 Å². The van der Waals surface area contributed by atoms with E-state index in [4.69, 9.17) is 8.83 Å². The number of hydrogen-bond acceptors (Lipinski definition) is 3. The Morgan fingerprint density at radius 2 is 0.867 bits per heavy atom. The van der Waals surface area contributed by atoms with E-state index >= 15 is 0 Å². The first-order chi connectivity index (χ1) is 22.3. The van der Waals surface area contributed by atoms with Gasteiger partial charge in [0.25, 0.3) is 0 Å². The van der Waals surface area contributed by atoms with Crippen molar-refractivity contribution in [2.24, 2.45) is 0 Å². The molecule has 0 amide bonds. The molecule has 212 valence electrons. The van der Waals surface area contributed by atoms with E-state index in [9.17, 15) is 0 Å². The average Bonchev–Trinajstić information content (AvgIpc) is 3.66. The molecular formula is C42H27NO2. The van der Waals surface area contributed by atoms with Gasteiger partial charge < -0.3 is 13.7 Å². The molecule has 0 N–H and O–H groups in total. The molecule has 45 heavy (non-hydrogen) atoms. The lowest BCUT2D eigenvalue weighted by atomic mass is 10.0. The normalized spacial score (nSPS) is 11.6. The van der Waals surface area contributed by atoms with Crippen LogP contribution in [0, 0.1) is 0 Å². The Morgan fingerprint density at radius 3 is 1.60 bits per heavy atom. The number of nitrogens with zero attached hydrogens (tertiary/aromatic N) is 1. The summed E-state index contributed by atoms with van der Waals surface area (Å²) in [5.41, 5.74) is 11.3. The third-order valence-electron chi connectivity index (χ3n) is 8.66. The average molecular weight is 578 g/mol. The van der Waals surface area contributed by atoms with Gasteiger partial charge in [-0.3, -0.25) is 0 Å². The van der Waals surface area contributed by atoms with Crippen LogP contribution in [0.5, 0.6) is 0 Å². The standard InChI is InChI=1S/C42H27NO2/c1-4-11-28(12-5-1)30-19-22-33(23-20-30)43(32-15-8-3-9-16-32)37-17-10-18-39-42(37)36-27-40-35(26-41(36)45-39)34-25-31(21-24-38(34)44-40)29-13-6-2-7-14-29/h1-27H. The van der Waals surface area contributed by atoms with Gasteiger partial charge in [-0.05, 0) is 82.9 Å². The van der Waals surface area contributed by atoms with Gasteiger partial charge in [0.05, 0.1) is 11.1 Å². The monoisotopic (exact) mass is 577 g/mol. The van der Waals surface area contributed by atoms with Crippen LogP contribution in [0.1, 0.15) is 0 Å². The largest absolute Gasteiger partial charge is 0.456 e. The van der Waals surface area contributed by atoms with Crippen LogP contribution in [0.15, 0.2) is 173 Å². The summed E-state index contributed by atoms with van der Waals surface area (Å²) >= 11 is 0. The smallest absolute Gasteiger partial charge is 0.137 e. The SMILES string of the molecule is c1ccc(-c2ccc(N(c3ccccc3)c3cccc4oc5cc6c(cc5c34)oc3ccc(-c4ccccc4)cc36)cc2)cc1. The van der Waals surface area contributed by atoms with Crippen molar-refractivity contribution in [1.29, 1.82) is 0 Å². The van der Waals surface area contributed by atoms with E-state index in [1.54, 1.807) is 0 Å². The lowest BCUT2D eigenvalue weighted by Gasteiger charge is -2.26. The summed E-state index contributed by atoms with van der Waals surface area (Å²) in [7, 11) is 0. The van der Waals surface area contributed by atoms with Gasteiger partial charge in [0.15, 0.2) is 0 Å². The Morgan fingerprint density at radius 1 is 0.333 bits per heavy atom. The minimum Gasteiger partial charge on any atom is -0.456 e. The molecule has 9 rings (SSSR count). The fourth-order valence-electron chi connectivity index (χ4n) is 6.51. The highest BCUT2D eigenvalue weighted by molar-refractivity contribution is 6.19. The van der Waals surface area contributed by atoms with E-state index in [1.807, 2.05) is 18.2 Å². The van der Waals surface area contributed by atoms with Gasteiger partial charge >= 0.3 is 0 Å². The van der Waals surface area contributed by atoms with Crippen LogP contribution in [0.2, 0.25) is 0 Å². The molecule has 9 aromatic rings. The summed E-state index contributed by atoms with van der Waals surface area (Å²) in [5, 5.41) is 4.21. The third-order valence-corrected chi connectivity index (χ3v) is 8.66. The van der Waals surface area contributed by atoms with Crippen molar-refractivity contribution in [3.63, 3.8) is 0 Å². The summed E-state index contributed by atoms with van der Waals surface area (Å²) in [6.07, 6.45) is 0. The molecule has 2 heterocycles. The second-order valence-electron chi connectivity index (χ2n) is 11.4. The molecule has 0 spiro atoms. The van der Waals surface area contributed by atoms with Crippen LogP contribution in [0.25, 0.3) is 66.1 Å². The van der Waals surface area contributed by atoms with Crippen molar-refractivity contribution in [2.75, 3.05) is 4.90 Å². The molecule has 0 aliphatic heterocycles. The van der Waals surface area contributed by atoms with Gasteiger partial charge in [-0.2, -0.15) is 0 Å². The third kappa shape index (κ3) is 4.29. The minimum atomic E-state index is 0.838. The van der Waals surface area contributed by atoms with E-state index in [2.05, 4.69) is 150 Å². The Bertz CT molecular complexity index is 2460. The van der Waals surface area contributed by atoms with E-state index in [-0.39, 0.29) is 0 Å². The number of hydrogen-bond donors (Lipinski definition) is 0. The molecule has 3 nitrogen and oxygen atoms in total. The predicted molar refractivity (Wildman–Crippen MR) is 187 cm³/mol. The summed E-state index contributed by atoms with van der Waals surface area (Å²) in [6.45, 7) is 0. The molecule has 0 saturated heterocycles. The number of anilines is 3. The van der Waals surface area contributed by atoms with E-state index in [1.165, 1.54) is 16.7 Å². The van der Waals surface area contributed by atoms with Crippen molar-refractivity contribution in [3.8, 4) is 22.3 Å². The quantitative estimate of drug-likeness (QED) is 0.204. The van der Waals surface area contributed by atoms with Crippen molar-refractivity contribution >= 4 is 60.9 Å². The zero-order chi connectivity index (χ0) is 29.7. The second kappa shape index (κ2) is 10.3. The van der Waals surface area contributed by atoms with Crippen LogP contribution in [-0.2, 0) is 0 Å². The molecule has 0 radical (unpaired) electrons. The summed E-state index contributed by atoms with van der Waals surface area (Å²) in [5.74, 6) is 0. The van der Waals surface area contributed by atoms with Crippen LogP contribution in [0.3, 0.4) is 0 Å². The fourth-order valence-corrected chi connectivity index (χ4v) is 6.51. The number of benzene rings is 7. The zero-order valence-corrected chi connectivity index (χ0v) is 24.4. The molecular weight excluding hydrogens is 550 g/mol. The van der Waals surface area contributed by atoms with Crippen LogP contribution >= 0.6 is 0 Å². The van der Waals surface area contributed by atoms with Gasteiger partial charge in [-0.25, -0.2) is 0 Å². The molecule has 0 fully saturated rings. The minimum absolute atomic E-state index is 0.838.